The summed E-state index contributed by atoms with van der Waals surface area (Å²) in [6.07, 6.45) is -4.65. The van der Waals surface area contributed by atoms with E-state index in [0.717, 1.165) is 48.5 Å². The van der Waals surface area contributed by atoms with E-state index in [2.05, 4.69) is 20.5 Å². The van der Waals surface area contributed by atoms with Crippen LogP contribution in [-0.4, -0.2) is 44.0 Å². The van der Waals surface area contributed by atoms with E-state index in [-0.39, 0.29) is 38.6 Å². The fraction of sp³-hybridized carbons (Fsp3) is 0.0370. The predicted molar refractivity (Wildman–Crippen MR) is 163 cm³/mol. The highest BCUT2D eigenvalue weighted by molar-refractivity contribution is 7.86. The molecule has 0 saturated heterocycles. The van der Waals surface area contributed by atoms with Crippen LogP contribution in [0.15, 0.2) is 108 Å². The molecule has 5 aromatic carbocycles. The lowest BCUT2D eigenvalue weighted by Crippen LogP contribution is -2.04. The van der Waals surface area contributed by atoms with E-state index in [9.17, 15) is 57.2 Å². The van der Waals surface area contributed by atoms with Crippen molar-refractivity contribution in [3.05, 3.63) is 78.4 Å². The molecule has 5 aromatic rings. The summed E-state index contributed by atoms with van der Waals surface area (Å²) in [6.45, 7) is 0. The number of nitrogens with two attached hydrogens (primary N) is 1. The number of nitrogen functional groups attached to an aromatic ring is 1. The van der Waals surface area contributed by atoms with Crippen LogP contribution in [0.1, 0.15) is 5.56 Å². The second kappa shape index (κ2) is 11.9. The lowest BCUT2D eigenvalue weighted by molar-refractivity contribution is -0.137. The number of nitrogens with zero attached hydrogens (tertiary/aromatic N) is 4. The Labute approximate surface area is 268 Å². The monoisotopic (exact) mass is 725 g/mol. The first-order valence-electron chi connectivity index (χ1n) is 12.7. The van der Waals surface area contributed by atoms with Crippen molar-refractivity contribution in [2.24, 2.45) is 20.5 Å². The number of halogens is 3. The predicted octanol–water partition coefficient (Wildman–Crippen LogP) is 6.87. The Hall–Kier alpha value is -5.06. The maximum absolute atomic E-state index is 13.1. The molecule has 0 radical (unpaired) electrons. The topological polar surface area (TPSA) is 259 Å². The summed E-state index contributed by atoms with van der Waals surface area (Å²) in [4.78, 5) is -2.51. The number of benzene rings is 5. The van der Waals surface area contributed by atoms with Gasteiger partial charge in [-0.3, -0.25) is 13.7 Å². The van der Waals surface area contributed by atoms with Crippen LogP contribution < -0.4 is 5.73 Å². The Morgan fingerprint density at radius 3 is 1.83 bits per heavy atom. The zero-order valence-corrected chi connectivity index (χ0v) is 25.8. The van der Waals surface area contributed by atoms with E-state index >= 15 is 0 Å². The maximum atomic E-state index is 13.1. The minimum Gasteiger partial charge on any atom is -0.505 e. The van der Waals surface area contributed by atoms with Crippen LogP contribution in [0.5, 0.6) is 5.75 Å². The Kier molecular flexibility index (Phi) is 8.48. The van der Waals surface area contributed by atoms with Crippen LogP contribution in [0.3, 0.4) is 0 Å². The maximum Gasteiger partial charge on any atom is 0.416 e. The molecule has 15 nitrogen and oxygen atoms in total. The highest BCUT2D eigenvalue weighted by Crippen LogP contribution is 2.44. The molecule has 0 unspecified atom stereocenters. The van der Waals surface area contributed by atoms with Crippen molar-refractivity contribution in [2.75, 3.05) is 5.73 Å². The minimum absolute atomic E-state index is 0.0134. The van der Waals surface area contributed by atoms with Gasteiger partial charge < -0.3 is 10.8 Å². The molecular formula is C27H18F3N5O10S3. The fourth-order valence-corrected chi connectivity index (χ4v) is 6.30. The number of aromatic hydroxyl groups is 1. The number of phenolic OH excluding ortho intramolecular Hbond substituents is 1. The molecule has 0 saturated carbocycles. The second-order valence-electron chi connectivity index (χ2n) is 9.87. The van der Waals surface area contributed by atoms with Crippen molar-refractivity contribution in [1.82, 2.24) is 0 Å². The molecule has 0 aromatic heterocycles. The Morgan fingerprint density at radius 2 is 1.23 bits per heavy atom. The molecule has 0 heterocycles. The van der Waals surface area contributed by atoms with Gasteiger partial charge in [0.25, 0.3) is 30.4 Å². The number of anilines is 1. The number of azo groups is 2. The normalized spacial score (nSPS) is 13.3. The van der Waals surface area contributed by atoms with E-state index in [1.165, 1.54) is 24.3 Å². The van der Waals surface area contributed by atoms with Gasteiger partial charge in [-0.25, -0.2) is 0 Å². The molecule has 5 rings (SSSR count). The highest BCUT2D eigenvalue weighted by Gasteiger charge is 2.30. The summed E-state index contributed by atoms with van der Waals surface area (Å²) < 4.78 is 140. The van der Waals surface area contributed by atoms with Gasteiger partial charge in [-0.05, 0) is 66.0 Å². The van der Waals surface area contributed by atoms with Gasteiger partial charge in [-0.2, -0.15) is 43.5 Å². The van der Waals surface area contributed by atoms with Gasteiger partial charge in [0.2, 0.25) is 0 Å². The molecule has 0 aliphatic carbocycles. The lowest BCUT2D eigenvalue weighted by atomic mass is 10.1. The van der Waals surface area contributed by atoms with Crippen molar-refractivity contribution in [2.45, 2.75) is 20.9 Å². The van der Waals surface area contributed by atoms with Crippen LogP contribution >= 0.6 is 0 Å². The lowest BCUT2D eigenvalue weighted by Gasteiger charge is -2.11. The SMILES string of the molecule is Nc1cc2c(O)c(/N=N/c3ccc(/N=N/c4cccc(C(F)(F)F)c4)c4ccc(S(=O)(=O)O)cc34)c(S(=O)(=O)O)cc2cc1S(=O)(=O)O. The molecule has 250 valence electrons. The zero-order chi connectivity index (χ0) is 35.4. The molecule has 0 aliphatic rings. The van der Waals surface area contributed by atoms with E-state index in [4.69, 9.17) is 5.73 Å². The first-order chi connectivity index (χ1) is 22.1. The second-order valence-corrected chi connectivity index (χ2v) is 14.1. The van der Waals surface area contributed by atoms with Crippen molar-refractivity contribution in [3.8, 4) is 5.75 Å². The number of fused-ring (bicyclic) bond motifs is 2. The third kappa shape index (κ3) is 6.95. The van der Waals surface area contributed by atoms with Crippen LogP contribution in [0, 0.1) is 0 Å². The van der Waals surface area contributed by atoms with Crippen LogP contribution in [0.2, 0.25) is 0 Å². The van der Waals surface area contributed by atoms with Crippen molar-refractivity contribution >= 4 is 80.3 Å². The summed E-state index contributed by atoms with van der Waals surface area (Å²) in [7, 11) is -14.9. The average Bonchev–Trinajstić information content (AvgIpc) is 2.97. The van der Waals surface area contributed by atoms with Crippen molar-refractivity contribution < 1.29 is 57.2 Å². The number of hydrogen-bond acceptors (Lipinski definition) is 12. The first-order valence-corrected chi connectivity index (χ1v) is 17.1. The van der Waals surface area contributed by atoms with Gasteiger partial charge in [-0.15, -0.1) is 15.3 Å². The van der Waals surface area contributed by atoms with Crippen molar-refractivity contribution in [3.63, 3.8) is 0 Å². The third-order valence-electron chi connectivity index (χ3n) is 6.68. The number of hydrogen-bond donors (Lipinski definition) is 5. The molecule has 0 atom stereocenters. The smallest absolute Gasteiger partial charge is 0.416 e. The Morgan fingerprint density at radius 1 is 0.625 bits per heavy atom. The zero-order valence-electron chi connectivity index (χ0n) is 23.4. The summed E-state index contributed by atoms with van der Waals surface area (Å²) >= 11 is 0. The number of phenols is 1. The standard InChI is InChI=1S/C27H18F3N5O10S3/c28-27(29,30)14-2-1-3-15(10-14)32-33-21-6-7-22(19-11-16(46(37,38)39)4-5-17(19)21)34-35-25-24(48(43,44)45)9-13-8-23(47(40,41)42)20(31)12-18(13)26(25)36/h1-12,36H,31H2,(H,37,38,39)(H,40,41,42)(H,43,44,45)/b33-32+,35-34+. The highest BCUT2D eigenvalue weighted by atomic mass is 32.2. The minimum atomic E-state index is -5.20. The molecule has 0 aliphatic heterocycles. The van der Waals surface area contributed by atoms with Gasteiger partial charge >= 0.3 is 6.18 Å². The molecular weight excluding hydrogens is 708 g/mol. The largest absolute Gasteiger partial charge is 0.505 e. The van der Waals surface area contributed by atoms with Gasteiger partial charge in [0.05, 0.1) is 33.2 Å². The summed E-state index contributed by atoms with van der Waals surface area (Å²) in [6, 6.07) is 11.8. The van der Waals surface area contributed by atoms with Gasteiger partial charge in [0.1, 0.15) is 15.5 Å². The van der Waals surface area contributed by atoms with Gasteiger partial charge in [0.15, 0.2) is 5.75 Å². The van der Waals surface area contributed by atoms with E-state index in [0.29, 0.717) is 0 Å². The van der Waals surface area contributed by atoms with E-state index < -0.39 is 73.9 Å². The Balaban J connectivity index is 1.69. The molecule has 21 heteroatoms. The number of rotatable bonds is 7. The Bertz CT molecular complexity index is 2560. The van der Waals surface area contributed by atoms with Crippen LogP contribution in [0.4, 0.5) is 41.6 Å². The van der Waals surface area contributed by atoms with Crippen molar-refractivity contribution in [1.29, 1.82) is 0 Å². The fourth-order valence-electron chi connectivity index (χ4n) is 4.50. The molecule has 0 fully saturated rings. The third-order valence-corrected chi connectivity index (χ3v) is 9.31. The molecule has 0 amide bonds. The molecule has 0 spiro atoms. The summed E-state index contributed by atoms with van der Waals surface area (Å²) in [5.74, 6) is -0.952. The van der Waals surface area contributed by atoms with E-state index in [1.807, 2.05) is 0 Å². The van der Waals surface area contributed by atoms with Gasteiger partial charge in [-0.1, -0.05) is 12.1 Å². The summed E-state index contributed by atoms with van der Waals surface area (Å²) in [5, 5.41) is 25.7. The molecule has 48 heavy (non-hydrogen) atoms. The summed E-state index contributed by atoms with van der Waals surface area (Å²) in [5.41, 5.74) is 2.88. The van der Waals surface area contributed by atoms with Crippen LogP contribution in [0.25, 0.3) is 21.5 Å². The van der Waals surface area contributed by atoms with E-state index in [1.54, 1.807) is 0 Å². The van der Waals surface area contributed by atoms with Gasteiger partial charge in [0, 0.05) is 16.2 Å². The molecule has 0 bridgehead atoms. The first kappa shape index (κ1) is 34.3. The molecule has 6 N–H and O–H groups in total. The average molecular weight is 726 g/mol. The quantitative estimate of drug-likeness (QED) is 0.0656. The van der Waals surface area contributed by atoms with Crippen LogP contribution in [-0.2, 0) is 36.5 Å². The number of alkyl halides is 3.